The zero-order chi connectivity index (χ0) is 6.36. The van der Waals surface area contributed by atoms with E-state index in [0.717, 1.165) is 6.42 Å². The molecular formula is C6H12N2. The highest BCUT2D eigenvalue weighted by atomic mass is 14.8. The van der Waals surface area contributed by atoms with Crippen LogP contribution in [0.3, 0.4) is 0 Å². The van der Waals surface area contributed by atoms with Crippen LogP contribution in [0.2, 0.25) is 0 Å². The lowest BCUT2D eigenvalue weighted by molar-refractivity contribution is 0.619. The van der Waals surface area contributed by atoms with Crippen LogP contribution in [0.1, 0.15) is 20.3 Å². The first kappa shape index (κ1) is 5.60. The maximum Gasteiger partial charge on any atom is 0.0942 e. The highest BCUT2D eigenvalue weighted by Gasteiger charge is 2.47. The molecule has 0 aromatic carbocycles. The zero-order valence-electron chi connectivity index (χ0n) is 5.36. The molecule has 0 aromatic rings. The highest BCUT2D eigenvalue weighted by Crippen LogP contribution is 2.51. The van der Waals surface area contributed by atoms with Crippen molar-refractivity contribution in [2.75, 3.05) is 0 Å². The summed E-state index contributed by atoms with van der Waals surface area (Å²) in [4.78, 5) is 0. The fraction of sp³-hybridized carbons (Fsp3) is 0.833. The molecule has 1 rings (SSSR count). The average Bonchev–Trinajstić information content (AvgIpc) is 2.13. The summed E-state index contributed by atoms with van der Waals surface area (Å²) in [5, 5.41) is 7.04. The molecule has 0 saturated heterocycles. The van der Waals surface area contributed by atoms with E-state index in [0.29, 0.717) is 17.2 Å². The molecule has 0 bridgehead atoms. The number of hydrogen-bond acceptors (Lipinski definition) is 1. The molecule has 0 unspecified atom stereocenters. The van der Waals surface area contributed by atoms with E-state index in [1.165, 1.54) is 0 Å². The summed E-state index contributed by atoms with van der Waals surface area (Å²) >= 11 is 0. The average molecular weight is 112 g/mol. The van der Waals surface area contributed by atoms with Gasteiger partial charge in [-0.2, -0.15) is 0 Å². The Morgan fingerprint density at radius 3 is 2.12 bits per heavy atom. The Labute approximate surface area is 49.6 Å². The Morgan fingerprint density at radius 2 is 2.12 bits per heavy atom. The first-order valence-electron chi connectivity index (χ1n) is 2.88. The van der Waals surface area contributed by atoms with Gasteiger partial charge in [-0.25, -0.2) is 0 Å². The molecule has 2 heteroatoms. The van der Waals surface area contributed by atoms with Crippen LogP contribution in [0.15, 0.2) is 0 Å². The van der Waals surface area contributed by atoms with E-state index in [-0.39, 0.29) is 0 Å². The van der Waals surface area contributed by atoms with Gasteiger partial charge in [-0.1, -0.05) is 13.8 Å². The minimum Gasteiger partial charge on any atom is -0.387 e. The standard InChI is InChI=1S/C6H12N2/c1-6(2)3-4(6)5(7)8/h4H,3H2,1-2H3,(H3,7,8)/t4-/m0/s1. The van der Waals surface area contributed by atoms with Crippen molar-refractivity contribution in [2.45, 2.75) is 20.3 Å². The third-order valence-electron chi connectivity index (χ3n) is 1.89. The van der Waals surface area contributed by atoms with Crippen LogP contribution in [0, 0.1) is 16.7 Å². The van der Waals surface area contributed by atoms with Gasteiger partial charge in [0.05, 0.1) is 5.84 Å². The molecule has 1 aliphatic carbocycles. The van der Waals surface area contributed by atoms with Crippen molar-refractivity contribution in [3.63, 3.8) is 0 Å². The van der Waals surface area contributed by atoms with Crippen LogP contribution < -0.4 is 5.73 Å². The molecule has 1 fully saturated rings. The number of amidine groups is 1. The molecule has 0 spiro atoms. The minimum atomic E-state index is 0.339. The third-order valence-corrected chi connectivity index (χ3v) is 1.89. The van der Waals surface area contributed by atoms with E-state index in [1.807, 2.05) is 0 Å². The molecule has 0 radical (unpaired) electrons. The molecule has 46 valence electrons. The van der Waals surface area contributed by atoms with E-state index in [9.17, 15) is 0 Å². The summed E-state index contributed by atoms with van der Waals surface area (Å²) in [5.74, 6) is 0.734. The van der Waals surface area contributed by atoms with Crippen molar-refractivity contribution < 1.29 is 0 Å². The monoisotopic (exact) mass is 112 g/mol. The van der Waals surface area contributed by atoms with Gasteiger partial charge in [-0.3, -0.25) is 5.41 Å². The lowest BCUT2D eigenvalue weighted by Crippen LogP contribution is -2.14. The minimum absolute atomic E-state index is 0.339. The molecule has 0 amide bonds. The van der Waals surface area contributed by atoms with Gasteiger partial charge in [0.15, 0.2) is 0 Å². The molecule has 1 aliphatic rings. The molecule has 3 N–H and O–H groups in total. The maximum absolute atomic E-state index is 7.04. The maximum atomic E-state index is 7.04. The van der Waals surface area contributed by atoms with E-state index < -0.39 is 0 Å². The van der Waals surface area contributed by atoms with Crippen molar-refractivity contribution >= 4 is 5.84 Å². The van der Waals surface area contributed by atoms with Crippen LogP contribution in [-0.4, -0.2) is 5.84 Å². The summed E-state index contributed by atoms with van der Waals surface area (Å²) in [5.41, 5.74) is 5.60. The largest absolute Gasteiger partial charge is 0.387 e. The van der Waals surface area contributed by atoms with Gasteiger partial charge in [0.1, 0.15) is 0 Å². The van der Waals surface area contributed by atoms with Crippen LogP contribution in [-0.2, 0) is 0 Å². The van der Waals surface area contributed by atoms with E-state index in [1.54, 1.807) is 0 Å². The molecule has 2 nitrogen and oxygen atoms in total. The predicted octanol–water partition coefficient (Wildman–Crippen LogP) is 0.968. The molecule has 0 aliphatic heterocycles. The molecule has 1 atom stereocenters. The molecule has 1 saturated carbocycles. The first-order valence-corrected chi connectivity index (χ1v) is 2.88. The van der Waals surface area contributed by atoms with Gasteiger partial charge in [-0.05, 0) is 11.8 Å². The smallest absolute Gasteiger partial charge is 0.0942 e. The van der Waals surface area contributed by atoms with Gasteiger partial charge in [0.2, 0.25) is 0 Å². The Bertz CT molecular complexity index is 126. The van der Waals surface area contributed by atoms with E-state index in [4.69, 9.17) is 11.1 Å². The molecule has 0 aromatic heterocycles. The summed E-state index contributed by atoms with van der Waals surface area (Å²) in [7, 11) is 0. The van der Waals surface area contributed by atoms with Crippen molar-refractivity contribution in [2.24, 2.45) is 17.1 Å². The Kier molecular flexibility index (Phi) is 0.872. The summed E-state index contributed by atoms with van der Waals surface area (Å²) in [6, 6.07) is 0. The van der Waals surface area contributed by atoms with Gasteiger partial charge < -0.3 is 5.73 Å². The molecule has 0 heterocycles. The van der Waals surface area contributed by atoms with E-state index >= 15 is 0 Å². The van der Waals surface area contributed by atoms with Gasteiger partial charge >= 0.3 is 0 Å². The van der Waals surface area contributed by atoms with E-state index in [2.05, 4.69) is 13.8 Å². The Hall–Kier alpha value is -0.530. The fourth-order valence-electron chi connectivity index (χ4n) is 0.998. The van der Waals surface area contributed by atoms with Crippen LogP contribution >= 0.6 is 0 Å². The van der Waals surface area contributed by atoms with Crippen molar-refractivity contribution in [3.8, 4) is 0 Å². The summed E-state index contributed by atoms with van der Waals surface area (Å²) in [6.07, 6.45) is 1.10. The van der Waals surface area contributed by atoms with Crippen molar-refractivity contribution in [3.05, 3.63) is 0 Å². The predicted molar refractivity (Wildman–Crippen MR) is 33.8 cm³/mol. The number of nitrogens with one attached hydrogen (secondary N) is 1. The summed E-state index contributed by atoms with van der Waals surface area (Å²) in [6.45, 7) is 4.28. The fourth-order valence-corrected chi connectivity index (χ4v) is 0.998. The van der Waals surface area contributed by atoms with Gasteiger partial charge in [0.25, 0.3) is 0 Å². The Balaban J connectivity index is 2.48. The lowest BCUT2D eigenvalue weighted by atomic mass is 10.1. The molecular weight excluding hydrogens is 100 g/mol. The SMILES string of the molecule is CC1(C)C[C@H]1C(=N)N. The zero-order valence-corrected chi connectivity index (χ0v) is 5.36. The van der Waals surface area contributed by atoms with Crippen LogP contribution in [0.5, 0.6) is 0 Å². The quantitative estimate of drug-likeness (QED) is 0.385. The topological polar surface area (TPSA) is 49.9 Å². The highest BCUT2D eigenvalue weighted by molar-refractivity contribution is 5.83. The number of nitrogens with two attached hydrogens (primary N) is 1. The van der Waals surface area contributed by atoms with Gasteiger partial charge in [0, 0.05) is 5.92 Å². The Morgan fingerprint density at radius 1 is 1.75 bits per heavy atom. The van der Waals surface area contributed by atoms with Crippen molar-refractivity contribution in [1.82, 2.24) is 0 Å². The number of rotatable bonds is 1. The third kappa shape index (κ3) is 0.703. The first-order chi connectivity index (χ1) is 3.54. The second-order valence-electron chi connectivity index (χ2n) is 3.20. The summed E-state index contributed by atoms with van der Waals surface area (Å²) < 4.78 is 0. The normalized spacial score (nSPS) is 32.0. The number of hydrogen-bond donors (Lipinski definition) is 2. The van der Waals surface area contributed by atoms with Crippen LogP contribution in [0.25, 0.3) is 0 Å². The van der Waals surface area contributed by atoms with Crippen molar-refractivity contribution in [1.29, 1.82) is 5.41 Å². The second-order valence-corrected chi connectivity index (χ2v) is 3.20. The second kappa shape index (κ2) is 1.24. The van der Waals surface area contributed by atoms with Gasteiger partial charge in [-0.15, -0.1) is 0 Å². The molecule has 8 heavy (non-hydrogen) atoms. The van der Waals surface area contributed by atoms with Crippen LogP contribution in [0.4, 0.5) is 0 Å². The lowest BCUT2D eigenvalue weighted by Gasteiger charge is -1.97.